The van der Waals surface area contributed by atoms with E-state index in [1.54, 1.807) is 0 Å². The van der Waals surface area contributed by atoms with E-state index in [1.807, 2.05) is 6.92 Å². The summed E-state index contributed by atoms with van der Waals surface area (Å²) in [7, 11) is 0. The molecule has 3 N–H and O–H groups in total. The lowest BCUT2D eigenvalue weighted by molar-refractivity contribution is -0.128. The van der Waals surface area contributed by atoms with E-state index in [-0.39, 0.29) is 29.8 Å². The summed E-state index contributed by atoms with van der Waals surface area (Å²) in [5.74, 6) is 0.0767. The first-order chi connectivity index (χ1) is 9.59. The van der Waals surface area contributed by atoms with Crippen molar-refractivity contribution in [3.8, 4) is 0 Å². The van der Waals surface area contributed by atoms with Crippen LogP contribution in [0.2, 0.25) is 0 Å². The standard InChI is InChI=1S/C16H30N2O2.ClH/c1-16(17)10-6-5-9-14(16)15(19)18-11-12-20-13-7-3-2-4-8-13;/h13-14H,2-12,17H2,1H3,(H,18,19);1H. The molecule has 2 aliphatic rings. The highest BCUT2D eigenvalue weighted by atomic mass is 35.5. The van der Waals surface area contributed by atoms with Gasteiger partial charge in [0, 0.05) is 12.1 Å². The van der Waals surface area contributed by atoms with E-state index in [4.69, 9.17) is 10.5 Å². The average molecular weight is 319 g/mol. The largest absolute Gasteiger partial charge is 0.376 e. The van der Waals surface area contributed by atoms with Crippen molar-refractivity contribution in [1.82, 2.24) is 5.32 Å². The van der Waals surface area contributed by atoms with Crippen LogP contribution in [0.5, 0.6) is 0 Å². The quantitative estimate of drug-likeness (QED) is 0.766. The molecule has 2 aliphatic carbocycles. The van der Waals surface area contributed by atoms with Crippen LogP contribution in [0.4, 0.5) is 0 Å². The molecule has 0 bridgehead atoms. The number of rotatable bonds is 5. The summed E-state index contributed by atoms with van der Waals surface area (Å²) in [5.41, 5.74) is 5.91. The first kappa shape index (κ1) is 18.7. The minimum absolute atomic E-state index is 0. The normalized spacial score (nSPS) is 30.5. The summed E-state index contributed by atoms with van der Waals surface area (Å²) in [5, 5.41) is 3.00. The zero-order valence-corrected chi connectivity index (χ0v) is 14.1. The Labute approximate surface area is 135 Å². The third-order valence-corrected chi connectivity index (χ3v) is 4.88. The Morgan fingerprint density at radius 3 is 2.52 bits per heavy atom. The highest BCUT2D eigenvalue weighted by Gasteiger charge is 2.37. The van der Waals surface area contributed by atoms with E-state index in [2.05, 4.69) is 5.32 Å². The molecule has 0 aromatic rings. The highest BCUT2D eigenvalue weighted by Crippen LogP contribution is 2.31. The summed E-state index contributed by atoms with van der Waals surface area (Å²) < 4.78 is 5.83. The first-order valence-corrected chi connectivity index (χ1v) is 8.28. The van der Waals surface area contributed by atoms with E-state index in [0.717, 1.165) is 25.7 Å². The van der Waals surface area contributed by atoms with E-state index >= 15 is 0 Å². The van der Waals surface area contributed by atoms with Crippen molar-refractivity contribution in [3.63, 3.8) is 0 Å². The Morgan fingerprint density at radius 1 is 1.19 bits per heavy atom. The molecular weight excluding hydrogens is 288 g/mol. The SMILES string of the molecule is CC1(N)CCCCC1C(=O)NCCOC1CCCCC1.Cl. The number of hydrogen-bond donors (Lipinski definition) is 2. The molecule has 0 aliphatic heterocycles. The average Bonchev–Trinajstić information content (AvgIpc) is 2.44. The van der Waals surface area contributed by atoms with Gasteiger partial charge in [-0.1, -0.05) is 32.1 Å². The zero-order valence-electron chi connectivity index (χ0n) is 13.2. The smallest absolute Gasteiger partial charge is 0.225 e. The van der Waals surface area contributed by atoms with Gasteiger partial charge in [0.15, 0.2) is 0 Å². The van der Waals surface area contributed by atoms with Gasteiger partial charge in [-0.25, -0.2) is 0 Å². The second kappa shape index (κ2) is 8.96. The number of halogens is 1. The van der Waals surface area contributed by atoms with Crippen molar-refractivity contribution in [2.24, 2.45) is 11.7 Å². The van der Waals surface area contributed by atoms with Gasteiger partial charge in [0.25, 0.3) is 0 Å². The molecule has 2 atom stereocenters. The van der Waals surface area contributed by atoms with Crippen LogP contribution >= 0.6 is 12.4 Å². The number of nitrogens with two attached hydrogens (primary N) is 1. The highest BCUT2D eigenvalue weighted by molar-refractivity contribution is 5.85. The summed E-state index contributed by atoms with van der Waals surface area (Å²) >= 11 is 0. The van der Waals surface area contributed by atoms with Crippen LogP contribution in [0.3, 0.4) is 0 Å². The lowest BCUT2D eigenvalue weighted by atomic mass is 9.74. The van der Waals surface area contributed by atoms with Crippen molar-refractivity contribution in [1.29, 1.82) is 0 Å². The van der Waals surface area contributed by atoms with Crippen molar-refractivity contribution in [2.75, 3.05) is 13.2 Å². The third-order valence-electron chi connectivity index (χ3n) is 4.88. The van der Waals surface area contributed by atoms with Gasteiger partial charge in [0.1, 0.15) is 0 Å². The second-order valence-corrected chi connectivity index (χ2v) is 6.73. The van der Waals surface area contributed by atoms with Gasteiger partial charge in [-0.15, -0.1) is 12.4 Å². The molecule has 0 radical (unpaired) electrons. The predicted molar refractivity (Wildman–Crippen MR) is 87.6 cm³/mol. The van der Waals surface area contributed by atoms with Gasteiger partial charge < -0.3 is 15.8 Å². The Morgan fingerprint density at radius 2 is 1.86 bits per heavy atom. The maximum Gasteiger partial charge on any atom is 0.225 e. The van der Waals surface area contributed by atoms with Crippen LogP contribution in [-0.4, -0.2) is 30.7 Å². The summed E-state index contributed by atoms with van der Waals surface area (Å²) in [4.78, 5) is 12.2. The molecule has 0 saturated heterocycles. The van der Waals surface area contributed by atoms with Gasteiger partial charge in [0.05, 0.1) is 18.6 Å². The van der Waals surface area contributed by atoms with E-state index in [1.165, 1.54) is 32.1 Å². The lowest BCUT2D eigenvalue weighted by Gasteiger charge is -2.37. The topological polar surface area (TPSA) is 64.4 Å². The van der Waals surface area contributed by atoms with Crippen LogP contribution in [0.15, 0.2) is 0 Å². The Kier molecular flexibility index (Phi) is 7.99. The summed E-state index contributed by atoms with van der Waals surface area (Å²) in [6.45, 7) is 3.25. The fourth-order valence-corrected chi connectivity index (χ4v) is 3.54. The van der Waals surface area contributed by atoms with E-state index in [0.29, 0.717) is 19.3 Å². The van der Waals surface area contributed by atoms with Crippen molar-refractivity contribution in [3.05, 3.63) is 0 Å². The molecule has 4 nitrogen and oxygen atoms in total. The Bertz CT molecular complexity index is 317. The minimum atomic E-state index is -0.341. The third kappa shape index (κ3) is 5.76. The fourth-order valence-electron chi connectivity index (χ4n) is 3.54. The summed E-state index contributed by atoms with van der Waals surface area (Å²) in [6, 6.07) is 0. The number of carbonyl (C=O) groups is 1. The molecule has 0 spiro atoms. The molecule has 1 amide bonds. The van der Waals surface area contributed by atoms with Crippen molar-refractivity contribution >= 4 is 18.3 Å². The molecule has 124 valence electrons. The minimum Gasteiger partial charge on any atom is -0.376 e. The van der Waals surface area contributed by atoms with Crippen LogP contribution in [0.1, 0.15) is 64.7 Å². The van der Waals surface area contributed by atoms with Crippen LogP contribution in [0.25, 0.3) is 0 Å². The van der Waals surface area contributed by atoms with Gasteiger partial charge in [-0.05, 0) is 32.6 Å². The van der Waals surface area contributed by atoms with Crippen molar-refractivity contribution < 1.29 is 9.53 Å². The van der Waals surface area contributed by atoms with Crippen LogP contribution < -0.4 is 11.1 Å². The second-order valence-electron chi connectivity index (χ2n) is 6.73. The van der Waals surface area contributed by atoms with Crippen LogP contribution in [-0.2, 0) is 9.53 Å². The number of hydrogen-bond acceptors (Lipinski definition) is 3. The van der Waals surface area contributed by atoms with Gasteiger partial charge in [-0.3, -0.25) is 4.79 Å². The number of nitrogens with one attached hydrogen (secondary N) is 1. The van der Waals surface area contributed by atoms with Gasteiger partial charge in [0.2, 0.25) is 5.91 Å². The monoisotopic (exact) mass is 318 g/mol. The molecule has 0 heterocycles. The number of ether oxygens (including phenoxy) is 1. The maximum absolute atomic E-state index is 12.2. The van der Waals surface area contributed by atoms with E-state index in [9.17, 15) is 4.79 Å². The molecule has 5 heteroatoms. The molecule has 2 unspecified atom stereocenters. The molecule has 2 saturated carbocycles. The Hall–Kier alpha value is -0.320. The van der Waals surface area contributed by atoms with Crippen LogP contribution in [0, 0.1) is 5.92 Å². The molecular formula is C16H31ClN2O2. The number of carbonyl (C=O) groups excluding carboxylic acids is 1. The maximum atomic E-state index is 12.2. The van der Waals surface area contributed by atoms with Gasteiger partial charge in [-0.2, -0.15) is 0 Å². The summed E-state index contributed by atoms with van der Waals surface area (Å²) in [6.07, 6.45) is 10.8. The first-order valence-electron chi connectivity index (χ1n) is 8.28. The fraction of sp³-hybridized carbons (Fsp3) is 0.938. The van der Waals surface area contributed by atoms with Crippen molar-refractivity contribution in [2.45, 2.75) is 76.4 Å². The number of amides is 1. The molecule has 0 aromatic heterocycles. The molecule has 2 rings (SSSR count). The lowest BCUT2D eigenvalue weighted by Crippen LogP contribution is -2.53. The Balaban J connectivity index is 0.00000220. The van der Waals surface area contributed by atoms with Gasteiger partial charge >= 0.3 is 0 Å². The van der Waals surface area contributed by atoms with E-state index < -0.39 is 0 Å². The molecule has 0 aromatic carbocycles. The zero-order chi connectivity index (χ0) is 14.4. The molecule has 21 heavy (non-hydrogen) atoms. The predicted octanol–water partition coefficient (Wildman–Crippen LogP) is 2.78. The molecule has 2 fully saturated rings.